The summed E-state index contributed by atoms with van der Waals surface area (Å²) < 4.78 is 1.04. The molecule has 1 unspecified atom stereocenters. The molecule has 1 aliphatic carbocycles. The monoisotopic (exact) mass is 294 g/mol. The highest BCUT2D eigenvalue weighted by atomic mass is 79.9. The van der Waals surface area contributed by atoms with Gasteiger partial charge in [0.1, 0.15) is 6.10 Å². The molecule has 1 aliphatic rings. The first-order chi connectivity index (χ1) is 8.20. The first-order valence-electron chi connectivity index (χ1n) is 6.32. The van der Waals surface area contributed by atoms with Gasteiger partial charge in [0.15, 0.2) is 0 Å². The van der Waals surface area contributed by atoms with Crippen LogP contribution in [0.2, 0.25) is 0 Å². The fraction of sp³-hybridized carbons (Fsp3) is 0.467. The Morgan fingerprint density at radius 2 is 2.06 bits per heavy atom. The van der Waals surface area contributed by atoms with Crippen LogP contribution >= 0.6 is 15.9 Å². The summed E-state index contributed by atoms with van der Waals surface area (Å²) in [6.07, 6.45) is 7.66. The predicted molar refractivity (Wildman–Crippen MR) is 75.0 cm³/mol. The molecule has 1 nitrogen and oxygen atoms in total. The minimum Gasteiger partial charge on any atom is -0.384 e. The molecule has 2 rings (SSSR count). The molecule has 1 aromatic rings. The van der Waals surface area contributed by atoms with E-state index in [9.17, 15) is 5.11 Å². The number of aryl methyl sites for hydroxylation is 1. The van der Waals surface area contributed by atoms with Crippen LogP contribution in [0.3, 0.4) is 0 Å². The molecule has 0 saturated carbocycles. The van der Waals surface area contributed by atoms with Crippen molar-refractivity contribution < 1.29 is 5.11 Å². The molecule has 1 N–H and O–H groups in total. The zero-order chi connectivity index (χ0) is 12.3. The standard InChI is InChI=1S/C15H19BrO/c1-11-7-6-10-13(14(11)16)15(17)12-8-4-2-3-5-9-12/h6-8,10,15,17H,2-5,9H2,1H3. The highest BCUT2D eigenvalue weighted by Crippen LogP contribution is 2.34. The Labute approximate surface area is 112 Å². The lowest BCUT2D eigenvalue weighted by Gasteiger charge is -2.17. The summed E-state index contributed by atoms with van der Waals surface area (Å²) in [4.78, 5) is 0. The molecule has 0 aliphatic heterocycles. The topological polar surface area (TPSA) is 20.2 Å². The number of halogens is 1. The summed E-state index contributed by atoms with van der Waals surface area (Å²) in [5.41, 5.74) is 3.36. The largest absolute Gasteiger partial charge is 0.384 e. The number of hydrogen-bond donors (Lipinski definition) is 1. The Hall–Kier alpha value is -0.600. The van der Waals surface area contributed by atoms with E-state index in [2.05, 4.69) is 35.0 Å². The molecule has 0 heterocycles. The van der Waals surface area contributed by atoms with Gasteiger partial charge in [-0.15, -0.1) is 0 Å². The Morgan fingerprint density at radius 3 is 2.88 bits per heavy atom. The maximum atomic E-state index is 10.5. The van der Waals surface area contributed by atoms with Crippen LogP contribution in [0, 0.1) is 6.92 Å². The van der Waals surface area contributed by atoms with Crippen LogP contribution in [-0.4, -0.2) is 5.11 Å². The quantitative estimate of drug-likeness (QED) is 0.785. The summed E-state index contributed by atoms with van der Waals surface area (Å²) in [6, 6.07) is 6.07. The van der Waals surface area contributed by atoms with Crippen molar-refractivity contribution in [3.05, 3.63) is 45.4 Å². The molecular weight excluding hydrogens is 276 g/mol. The van der Waals surface area contributed by atoms with Crippen LogP contribution in [0.25, 0.3) is 0 Å². The van der Waals surface area contributed by atoms with Crippen molar-refractivity contribution in [3.8, 4) is 0 Å². The second kappa shape index (κ2) is 5.83. The van der Waals surface area contributed by atoms with Gasteiger partial charge in [0.25, 0.3) is 0 Å². The number of benzene rings is 1. The third kappa shape index (κ3) is 2.99. The summed E-state index contributed by atoms with van der Waals surface area (Å²) in [5, 5.41) is 10.5. The summed E-state index contributed by atoms with van der Waals surface area (Å²) in [6.45, 7) is 2.06. The van der Waals surface area contributed by atoms with Crippen molar-refractivity contribution in [2.45, 2.75) is 45.1 Å². The lowest BCUT2D eigenvalue weighted by molar-refractivity contribution is 0.210. The normalized spacial score (nSPS) is 18.4. The number of allylic oxidation sites excluding steroid dienone is 1. The maximum absolute atomic E-state index is 10.5. The van der Waals surface area contributed by atoms with Crippen LogP contribution in [-0.2, 0) is 0 Å². The molecule has 0 bridgehead atoms. The summed E-state index contributed by atoms with van der Waals surface area (Å²) in [5.74, 6) is 0. The van der Waals surface area contributed by atoms with E-state index in [0.29, 0.717) is 0 Å². The van der Waals surface area contributed by atoms with Crippen molar-refractivity contribution >= 4 is 15.9 Å². The maximum Gasteiger partial charge on any atom is 0.101 e. The third-order valence-electron chi connectivity index (χ3n) is 3.44. The molecule has 0 amide bonds. The van der Waals surface area contributed by atoms with Crippen LogP contribution in [0.1, 0.15) is 49.3 Å². The van der Waals surface area contributed by atoms with Gasteiger partial charge in [0, 0.05) is 4.47 Å². The number of rotatable bonds is 2. The van der Waals surface area contributed by atoms with Gasteiger partial charge in [-0.1, -0.05) is 46.6 Å². The van der Waals surface area contributed by atoms with E-state index in [-0.39, 0.29) is 0 Å². The predicted octanol–water partition coefficient (Wildman–Crippen LogP) is 4.68. The van der Waals surface area contributed by atoms with Gasteiger partial charge in [0.2, 0.25) is 0 Å². The summed E-state index contributed by atoms with van der Waals surface area (Å²) in [7, 11) is 0. The molecule has 0 spiro atoms. The Kier molecular flexibility index (Phi) is 4.41. The van der Waals surface area contributed by atoms with Gasteiger partial charge >= 0.3 is 0 Å². The Bertz CT molecular complexity index is 423. The van der Waals surface area contributed by atoms with E-state index >= 15 is 0 Å². The fourth-order valence-corrected chi connectivity index (χ4v) is 2.85. The van der Waals surface area contributed by atoms with Crippen molar-refractivity contribution in [2.24, 2.45) is 0 Å². The molecular formula is C15H19BrO. The first-order valence-corrected chi connectivity index (χ1v) is 7.11. The second-order valence-corrected chi connectivity index (χ2v) is 5.55. The van der Waals surface area contributed by atoms with Crippen LogP contribution in [0.5, 0.6) is 0 Å². The zero-order valence-corrected chi connectivity index (χ0v) is 11.8. The van der Waals surface area contributed by atoms with Crippen molar-refractivity contribution in [2.75, 3.05) is 0 Å². The van der Waals surface area contributed by atoms with E-state index in [0.717, 1.165) is 22.9 Å². The minimum atomic E-state index is -0.442. The van der Waals surface area contributed by atoms with Crippen LogP contribution in [0.4, 0.5) is 0 Å². The van der Waals surface area contributed by atoms with Gasteiger partial charge < -0.3 is 5.11 Å². The van der Waals surface area contributed by atoms with E-state index in [1.54, 1.807) is 0 Å². The van der Waals surface area contributed by atoms with E-state index in [1.165, 1.54) is 30.4 Å². The average molecular weight is 295 g/mol. The SMILES string of the molecule is Cc1cccc(C(O)C2=CCCCCC2)c1Br. The molecule has 92 valence electrons. The van der Waals surface area contributed by atoms with Gasteiger partial charge in [0.05, 0.1) is 0 Å². The molecule has 17 heavy (non-hydrogen) atoms. The van der Waals surface area contributed by atoms with E-state index in [1.807, 2.05) is 12.1 Å². The molecule has 0 aromatic heterocycles. The van der Waals surface area contributed by atoms with Crippen LogP contribution < -0.4 is 0 Å². The smallest absolute Gasteiger partial charge is 0.101 e. The average Bonchev–Trinajstić information content (AvgIpc) is 2.60. The van der Waals surface area contributed by atoms with Gasteiger partial charge in [-0.05, 0) is 49.3 Å². The van der Waals surface area contributed by atoms with Crippen molar-refractivity contribution in [3.63, 3.8) is 0 Å². The molecule has 0 saturated heterocycles. The highest BCUT2D eigenvalue weighted by Gasteiger charge is 2.17. The Morgan fingerprint density at radius 1 is 1.24 bits per heavy atom. The van der Waals surface area contributed by atoms with E-state index in [4.69, 9.17) is 0 Å². The molecule has 0 fully saturated rings. The lowest BCUT2D eigenvalue weighted by Crippen LogP contribution is -2.03. The molecule has 1 atom stereocenters. The number of hydrogen-bond acceptors (Lipinski definition) is 1. The minimum absolute atomic E-state index is 0.442. The lowest BCUT2D eigenvalue weighted by atomic mass is 9.97. The van der Waals surface area contributed by atoms with Gasteiger partial charge in [-0.3, -0.25) is 0 Å². The summed E-state index contributed by atoms with van der Waals surface area (Å²) >= 11 is 3.58. The van der Waals surface area contributed by atoms with Crippen molar-refractivity contribution in [1.82, 2.24) is 0 Å². The van der Waals surface area contributed by atoms with Crippen LogP contribution in [0.15, 0.2) is 34.3 Å². The van der Waals surface area contributed by atoms with Gasteiger partial charge in [-0.25, -0.2) is 0 Å². The Balaban J connectivity index is 2.26. The fourth-order valence-electron chi connectivity index (χ4n) is 2.37. The zero-order valence-electron chi connectivity index (χ0n) is 10.2. The number of aliphatic hydroxyl groups is 1. The second-order valence-electron chi connectivity index (χ2n) is 4.76. The first kappa shape index (κ1) is 12.8. The molecule has 2 heteroatoms. The highest BCUT2D eigenvalue weighted by molar-refractivity contribution is 9.10. The number of aliphatic hydroxyl groups excluding tert-OH is 1. The van der Waals surface area contributed by atoms with E-state index < -0.39 is 6.10 Å². The van der Waals surface area contributed by atoms with Gasteiger partial charge in [-0.2, -0.15) is 0 Å². The van der Waals surface area contributed by atoms with Crippen molar-refractivity contribution in [1.29, 1.82) is 0 Å². The third-order valence-corrected chi connectivity index (χ3v) is 4.53. The molecule has 1 aromatic carbocycles. The molecule has 0 radical (unpaired) electrons.